The molecule has 1 aromatic heterocycles. The molecule has 1 aromatic rings. The van der Waals surface area contributed by atoms with Crippen molar-refractivity contribution in [2.45, 2.75) is 17.7 Å². The fraction of sp³-hybridized carbons (Fsp3) is 0.500. The molecule has 18 heavy (non-hydrogen) atoms. The number of halogens is 2. The van der Waals surface area contributed by atoms with Crippen molar-refractivity contribution in [3.05, 3.63) is 13.6 Å². The summed E-state index contributed by atoms with van der Waals surface area (Å²) in [6.45, 7) is 0.762. The number of nitrogens with zero attached hydrogens (tertiary/aromatic N) is 1. The van der Waals surface area contributed by atoms with Crippen LogP contribution in [0.15, 0.2) is 18.5 Å². The number of sulfonamides is 1. The minimum absolute atomic E-state index is 0.186. The van der Waals surface area contributed by atoms with Crippen molar-refractivity contribution in [2.75, 3.05) is 13.1 Å². The Morgan fingerprint density at radius 3 is 2.72 bits per heavy atom. The third-order valence-corrected chi connectivity index (χ3v) is 7.48. The van der Waals surface area contributed by atoms with Crippen LogP contribution in [0.2, 0.25) is 0 Å². The predicted octanol–water partition coefficient (Wildman–Crippen LogP) is 2.87. The van der Waals surface area contributed by atoms with Crippen LogP contribution < -0.4 is 0 Å². The van der Waals surface area contributed by atoms with Crippen LogP contribution in [0.3, 0.4) is 0 Å². The molecule has 0 amide bonds. The van der Waals surface area contributed by atoms with Crippen LogP contribution in [0, 0.1) is 5.92 Å². The number of thiophene rings is 1. The van der Waals surface area contributed by atoms with Gasteiger partial charge in [0.15, 0.2) is 0 Å². The zero-order valence-electron chi connectivity index (χ0n) is 9.30. The van der Waals surface area contributed by atoms with Gasteiger partial charge in [0.1, 0.15) is 11.2 Å². The highest BCUT2D eigenvalue weighted by atomic mass is 79.9. The van der Waals surface area contributed by atoms with Gasteiger partial charge in [-0.1, -0.05) is 0 Å². The monoisotopic (exact) mass is 415 g/mol. The molecule has 2 rings (SSSR count). The van der Waals surface area contributed by atoms with Crippen LogP contribution in [-0.4, -0.2) is 32.1 Å². The second-order valence-electron chi connectivity index (χ2n) is 4.09. The van der Waals surface area contributed by atoms with Crippen LogP contribution in [0.5, 0.6) is 0 Å². The van der Waals surface area contributed by atoms with Crippen molar-refractivity contribution in [3.63, 3.8) is 0 Å². The molecular weight excluding hydrogens is 406 g/mol. The molecule has 1 fully saturated rings. The number of rotatable bonds is 3. The van der Waals surface area contributed by atoms with Gasteiger partial charge in [0.05, 0.1) is 7.57 Å². The van der Waals surface area contributed by atoms with Crippen LogP contribution in [0.1, 0.15) is 12.8 Å². The van der Waals surface area contributed by atoms with Crippen molar-refractivity contribution in [1.29, 1.82) is 0 Å². The van der Waals surface area contributed by atoms with E-state index in [2.05, 4.69) is 31.9 Å². The number of hydrogen-bond acceptors (Lipinski definition) is 4. The van der Waals surface area contributed by atoms with E-state index < -0.39 is 10.0 Å². The maximum Gasteiger partial charge on any atom is 0.245 e. The molecule has 1 aliphatic heterocycles. The van der Waals surface area contributed by atoms with E-state index in [1.165, 1.54) is 15.6 Å². The molecule has 0 bridgehead atoms. The molecule has 0 saturated carbocycles. The summed E-state index contributed by atoms with van der Waals surface area (Å²) in [5, 5.41) is 0. The van der Waals surface area contributed by atoms with Crippen molar-refractivity contribution in [1.82, 2.24) is 4.31 Å². The molecule has 1 atom stereocenters. The largest absolute Gasteiger partial charge is 0.303 e. The molecule has 1 aliphatic rings. The van der Waals surface area contributed by atoms with E-state index in [0.29, 0.717) is 10.3 Å². The first-order chi connectivity index (χ1) is 8.45. The maximum atomic E-state index is 12.4. The molecule has 2 heterocycles. The lowest BCUT2D eigenvalue weighted by molar-refractivity contribution is -0.112. The van der Waals surface area contributed by atoms with Crippen LogP contribution >= 0.6 is 43.2 Å². The standard InChI is InChI=1S/C10H11Br2NO3S2/c11-9-4-8(10(12)17-9)18(15,16)13-3-1-2-7(5-13)6-14/h4,6-7H,1-3,5H2. The summed E-state index contributed by atoms with van der Waals surface area (Å²) < 4.78 is 27.6. The lowest BCUT2D eigenvalue weighted by Crippen LogP contribution is -2.40. The summed E-state index contributed by atoms with van der Waals surface area (Å²) in [4.78, 5) is 11.1. The van der Waals surface area contributed by atoms with Gasteiger partial charge in [-0.25, -0.2) is 8.42 Å². The molecule has 1 unspecified atom stereocenters. The summed E-state index contributed by atoms with van der Waals surface area (Å²) in [6.07, 6.45) is 2.34. The molecule has 0 N–H and O–H groups in total. The van der Waals surface area contributed by atoms with Crippen molar-refractivity contribution >= 4 is 59.5 Å². The van der Waals surface area contributed by atoms with E-state index >= 15 is 0 Å². The smallest absolute Gasteiger partial charge is 0.245 e. The van der Waals surface area contributed by atoms with Crippen molar-refractivity contribution in [3.8, 4) is 0 Å². The minimum atomic E-state index is -3.51. The topological polar surface area (TPSA) is 54.5 Å². The van der Waals surface area contributed by atoms with Crippen molar-refractivity contribution < 1.29 is 13.2 Å². The van der Waals surface area contributed by atoms with E-state index in [4.69, 9.17) is 0 Å². The zero-order valence-corrected chi connectivity index (χ0v) is 14.1. The molecule has 0 aliphatic carbocycles. The van der Waals surface area contributed by atoms with Gasteiger partial charge in [-0.2, -0.15) is 4.31 Å². The van der Waals surface area contributed by atoms with Gasteiger partial charge in [-0.15, -0.1) is 11.3 Å². The first kappa shape index (κ1) is 14.6. The van der Waals surface area contributed by atoms with Crippen molar-refractivity contribution in [2.24, 2.45) is 5.92 Å². The van der Waals surface area contributed by atoms with Crippen LogP contribution in [0.4, 0.5) is 0 Å². The quantitative estimate of drug-likeness (QED) is 0.711. The Morgan fingerprint density at radius 1 is 1.44 bits per heavy atom. The first-order valence-electron chi connectivity index (χ1n) is 5.35. The Bertz CT molecular complexity index is 555. The lowest BCUT2D eigenvalue weighted by Gasteiger charge is -2.29. The SMILES string of the molecule is O=CC1CCCN(S(=O)(=O)c2cc(Br)sc2Br)C1. The van der Waals surface area contributed by atoms with Gasteiger partial charge in [-0.3, -0.25) is 0 Å². The van der Waals surface area contributed by atoms with E-state index in [9.17, 15) is 13.2 Å². The molecule has 1 saturated heterocycles. The third kappa shape index (κ3) is 2.87. The Labute approximate surface area is 127 Å². The van der Waals surface area contributed by atoms with E-state index in [1.54, 1.807) is 6.07 Å². The van der Waals surface area contributed by atoms with Gasteiger partial charge in [0, 0.05) is 19.0 Å². The number of carbonyl (C=O) groups is 1. The van der Waals surface area contributed by atoms with Crippen LogP contribution in [0.25, 0.3) is 0 Å². The summed E-state index contributed by atoms with van der Waals surface area (Å²) in [6, 6.07) is 1.59. The van der Waals surface area contributed by atoms with Gasteiger partial charge in [0.2, 0.25) is 10.0 Å². The average Bonchev–Trinajstić information content (AvgIpc) is 2.69. The summed E-state index contributed by atoms with van der Waals surface area (Å²) in [7, 11) is -3.51. The molecule has 0 aromatic carbocycles. The Balaban J connectivity index is 2.31. The Morgan fingerprint density at radius 2 is 2.17 bits per heavy atom. The predicted molar refractivity (Wildman–Crippen MR) is 77.3 cm³/mol. The molecule has 100 valence electrons. The van der Waals surface area contributed by atoms with Gasteiger partial charge < -0.3 is 4.79 Å². The highest BCUT2D eigenvalue weighted by Gasteiger charge is 2.32. The highest BCUT2D eigenvalue weighted by molar-refractivity contribution is 9.12. The highest BCUT2D eigenvalue weighted by Crippen LogP contribution is 2.37. The second-order valence-corrected chi connectivity index (χ2v) is 9.75. The molecule has 4 nitrogen and oxygen atoms in total. The molecular formula is C10H11Br2NO3S2. The maximum absolute atomic E-state index is 12.4. The normalized spacial score (nSPS) is 22.0. The van der Waals surface area contributed by atoms with E-state index in [1.807, 2.05) is 0 Å². The second kappa shape index (κ2) is 5.70. The average molecular weight is 417 g/mol. The Kier molecular flexibility index (Phi) is 4.64. The summed E-state index contributed by atoms with van der Waals surface area (Å²) in [5.74, 6) is -0.186. The fourth-order valence-corrected chi connectivity index (χ4v) is 7.24. The van der Waals surface area contributed by atoms with Gasteiger partial charge in [-0.05, 0) is 50.8 Å². The number of piperidine rings is 1. The minimum Gasteiger partial charge on any atom is -0.303 e. The molecule has 0 radical (unpaired) electrons. The fourth-order valence-electron chi connectivity index (χ4n) is 1.94. The first-order valence-corrected chi connectivity index (χ1v) is 9.19. The molecule has 0 spiro atoms. The number of carbonyl (C=O) groups excluding carboxylic acids is 1. The van der Waals surface area contributed by atoms with E-state index in [-0.39, 0.29) is 17.4 Å². The lowest BCUT2D eigenvalue weighted by atomic mass is 10.0. The van der Waals surface area contributed by atoms with Gasteiger partial charge >= 0.3 is 0 Å². The zero-order chi connectivity index (χ0) is 13.3. The summed E-state index contributed by atoms with van der Waals surface area (Å²) >= 11 is 7.86. The molecule has 8 heteroatoms. The number of aldehydes is 1. The van der Waals surface area contributed by atoms with Crippen LogP contribution in [-0.2, 0) is 14.8 Å². The van der Waals surface area contributed by atoms with Gasteiger partial charge in [0.25, 0.3) is 0 Å². The number of hydrogen-bond donors (Lipinski definition) is 0. The third-order valence-electron chi connectivity index (χ3n) is 2.86. The Hall–Kier alpha value is 0.240. The van der Waals surface area contributed by atoms with E-state index in [0.717, 1.165) is 22.9 Å². The summed E-state index contributed by atoms with van der Waals surface area (Å²) in [5.41, 5.74) is 0.